The molecule has 0 radical (unpaired) electrons. The van der Waals surface area contributed by atoms with Crippen LogP contribution in [0.3, 0.4) is 0 Å². The first-order valence-electron chi connectivity index (χ1n) is 6.58. The van der Waals surface area contributed by atoms with Gasteiger partial charge >= 0.3 is 0 Å². The Bertz CT molecular complexity index is 524. The molecular weight excluding hydrogens is 304 g/mol. The average Bonchev–Trinajstić information content (AvgIpc) is 2.81. The highest BCUT2D eigenvalue weighted by Gasteiger charge is 2.15. The van der Waals surface area contributed by atoms with Crippen molar-refractivity contribution >= 4 is 15.9 Å². The van der Waals surface area contributed by atoms with Gasteiger partial charge in [0.05, 0.1) is 6.04 Å². The van der Waals surface area contributed by atoms with Gasteiger partial charge in [0.25, 0.3) is 0 Å². The first-order chi connectivity index (χ1) is 9.19. The van der Waals surface area contributed by atoms with Crippen LogP contribution in [0.25, 0.3) is 0 Å². The van der Waals surface area contributed by atoms with Crippen LogP contribution < -0.4 is 5.32 Å². The third-order valence-corrected chi connectivity index (χ3v) is 3.38. The summed E-state index contributed by atoms with van der Waals surface area (Å²) in [5.41, 5.74) is 1.19. The van der Waals surface area contributed by atoms with Gasteiger partial charge in [-0.3, -0.25) is 4.98 Å². The van der Waals surface area contributed by atoms with Crippen molar-refractivity contribution in [1.82, 2.24) is 10.3 Å². The zero-order valence-electron chi connectivity index (χ0n) is 11.3. The molecule has 0 bridgehead atoms. The fraction of sp³-hybridized carbons (Fsp3) is 0.400. The molecule has 102 valence electrons. The topological polar surface area (TPSA) is 38.1 Å². The molecule has 0 aliphatic heterocycles. The maximum absolute atomic E-state index is 5.75. The summed E-state index contributed by atoms with van der Waals surface area (Å²) in [7, 11) is 0. The lowest BCUT2D eigenvalue weighted by Crippen LogP contribution is -2.23. The van der Waals surface area contributed by atoms with E-state index in [0.717, 1.165) is 35.4 Å². The molecule has 2 rings (SSSR count). The minimum atomic E-state index is 0.199. The predicted molar refractivity (Wildman–Crippen MR) is 80.1 cm³/mol. The number of pyridine rings is 1. The lowest BCUT2D eigenvalue weighted by atomic mass is 10.1. The maximum atomic E-state index is 5.75. The summed E-state index contributed by atoms with van der Waals surface area (Å²) in [5.74, 6) is 1.94. The highest BCUT2D eigenvalue weighted by atomic mass is 79.9. The third-order valence-electron chi connectivity index (χ3n) is 2.95. The van der Waals surface area contributed by atoms with E-state index in [2.05, 4.69) is 39.2 Å². The molecule has 19 heavy (non-hydrogen) atoms. The van der Waals surface area contributed by atoms with Gasteiger partial charge in [-0.1, -0.05) is 6.92 Å². The number of hydrogen-bond donors (Lipinski definition) is 1. The molecule has 0 spiro atoms. The van der Waals surface area contributed by atoms with Crippen molar-refractivity contribution in [2.24, 2.45) is 0 Å². The van der Waals surface area contributed by atoms with Crippen molar-refractivity contribution in [3.8, 4) is 0 Å². The molecule has 0 aromatic carbocycles. The van der Waals surface area contributed by atoms with Gasteiger partial charge in [-0.05, 0) is 66.0 Å². The molecule has 1 atom stereocenters. The number of hydrogen-bond acceptors (Lipinski definition) is 3. The van der Waals surface area contributed by atoms with Crippen LogP contribution in [0.2, 0.25) is 0 Å². The summed E-state index contributed by atoms with van der Waals surface area (Å²) in [6, 6.07) is 6.36. The van der Waals surface area contributed by atoms with Crippen molar-refractivity contribution in [3.63, 3.8) is 0 Å². The number of nitrogens with one attached hydrogen (secondary N) is 1. The van der Waals surface area contributed by atoms with Crippen molar-refractivity contribution in [3.05, 3.63) is 52.1 Å². The lowest BCUT2D eigenvalue weighted by Gasteiger charge is -2.16. The molecule has 0 amide bonds. The zero-order chi connectivity index (χ0) is 13.7. The van der Waals surface area contributed by atoms with Crippen LogP contribution in [0.1, 0.15) is 36.5 Å². The average molecular weight is 323 g/mol. The van der Waals surface area contributed by atoms with E-state index in [-0.39, 0.29) is 6.04 Å². The number of rotatable bonds is 6. The Balaban J connectivity index is 2.13. The number of furan rings is 1. The SMILES string of the molecule is CCCNC(Cc1cncc(Br)c1)c1ccc(C)o1. The molecule has 0 aliphatic carbocycles. The molecule has 3 nitrogen and oxygen atoms in total. The molecule has 4 heteroatoms. The Hall–Kier alpha value is -1.13. The van der Waals surface area contributed by atoms with Crippen LogP contribution in [0.5, 0.6) is 0 Å². The van der Waals surface area contributed by atoms with Crippen LogP contribution in [-0.4, -0.2) is 11.5 Å². The quantitative estimate of drug-likeness (QED) is 0.872. The summed E-state index contributed by atoms with van der Waals surface area (Å²) in [5, 5.41) is 3.53. The van der Waals surface area contributed by atoms with Gasteiger partial charge in [0.1, 0.15) is 11.5 Å². The normalized spacial score (nSPS) is 12.6. The van der Waals surface area contributed by atoms with Crippen LogP contribution >= 0.6 is 15.9 Å². The van der Waals surface area contributed by atoms with Gasteiger partial charge in [0, 0.05) is 16.9 Å². The van der Waals surface area contributed by atoms with Crippen LogP contribution in [0, 0.1) is 6.92 Å². The van der Waals surface area contributed by atoms with Gasteiger partial charge in [-0.15, -0.1) is 0 Å². The standard InChI is InChI=1S/C15H19BrN2O/c1-3-6-18-14(15-5-4-11(2)19-15)8-12-7-13(16)10-17-9-12/h4-5,7,9-10,14,18H,3,6,8H2,1-2H3. The molecule has 2 aromatic rings. The molecule has 1 N–H and O–H groups in total. The summed E-state index contributed by atoms with van der Waals surface area (Å²) < 4.78 is 6.76. The summed E-state index contributed by atoms with van der Waals surface area (Å²) in [6.45, 7) is 5.12. The molecule has 2 aromatic heterocycles. The first kappa shape index (κ1) is 14.3. The fourth-order valence-electron chi connectivity index (χ4n) is 2.04. The minimum absolute atomic E-state index is 0.199. The van der Waals surface area contributed by atoms with Crippen molar-refractivity contribution < 1.29 is 4.42 Å². The second-order valence-electron chi connectivity index (χ2n) is 4.67. The summed E-state index contributed by atoms with van der Waals surface area (Å²) in [4.78, 5) is 4.21. The van der Waals surface area contributed by atoms with Gasteiger partial charge in [-0.2, -0.15) is 0 Å². The lowest BCUT2D eigenvalue weighted by molar-refractivity contribution is 0.398. The largest absolute Gasteiger partial charge is 0.465 e. The maximum Gasteiger partial charge on any atom is 0.121 e. The van der Waals surface area contributed by atoms with Gasteiger partial charge < -0.3 is 9.73 Å². The second kappa shape index (κ2) is 6.87. The van der Waals surface area contributed by atoms with E-state index in [1.165, 1.54) is 5.56 Å². The first-order valence-corrected chi connectivity index (χ1v) is 7.37. The summed E-state index contributed by atoms with van der Waals surface area (Å²) >= 11 is 3.46. The fourth-order valence-corrected chi connectivity index (χ4v) is 2.45. The van der Waals surface area contributed by atoms with Crippen LogP contribution in [-0.2, 0) is 6.42 Å². The van der Waals surface area contributed by atoms with Crippen molar-refractivity contribution in [2.45, 2.75) is 32.7 Å². The Morgan fingerprint density at radius 2 is 2.21 bits per heavy atom. The van der Waals surface area contributed by atoms with E-state index in [4.69, 9.17) is 4.42 Å². The molecule has 0 aliphatic rings. The smallest absolute Gasteiger partial charge is 0.121 e. The number of nitrogens with zero attached hydrogens (tertiary/aromatic N) is 1. The molecule has 0 fully saturated rings. The molecule has 0 saturated carbocycles. The number of halogens is 1. The number of aromatic nitrogens is 1. The predicted octanol–water partition coefficient (Wildman–Crippen LogP) is 4.03. The van der Waals surface area contributed by atoms with E-state index in [1.54, 1.807) is 6.20 Å². The number of aryl methyl sites for hydroxylation is 1. The minimum Gasteiger partial charge on any atom is -0.465 e. The van der Waals surface area contributed by atoms with E-state index in [1.807, 2.05) is 25.3 Å². The van der Waals surface area contributed by atoms with E-state index in [9.17, 15) is 0 Å². The van der Waals surface area contributed by atoms with Gasteiger partial charge in [-0.25, -0.2) is 0 Å². The molecule has 1 unspecified atom stereocenters. The Morgan fingerprint density at radius 1 is 1.37 bits per heavy atom. The Kier molecular flexibility index (Phi) is 5.16. The monoisotopic (exact) mass is 322 g/mol. The second-order valence-corrected chi connectivity index (χ2v) is 5.59. The highest BCUT2D eigenvalue weighted by Crippen LogP contribution is 2.22. The molecule has 0 saturated heterocycles. The zero-order valence-corrected chi connectivity index (χ0v) is 12.9. The van der Waals surface area contributed by atoms with Crippen molar-refractivity contribution in [2.75, 3.05) is 6.54 Å². The van der Waals surface area contributed by atoms with Crippen LogP contribution in [0.15, 0.2) is 39.5 Å². The van der Waals surface area contributed by atoms with Gasteiger partial charge in [0.15, 0.2) is 0 Å². The van der Waals surface area contributed by atoms with Gasteiger partial charge in [0.2, 0.25) is 0 Å². The molecule has 2 heterocycles. The van der Waals surface area contributed by atoms with E-state index < -0.39 is 0 Å². The van der Waals surface area contributed by atoms with Crippen molar-refractivity contribution in [1.29, 1.82) is 0 Å². The Labute approximate surface area is 122 Å². The van der Waals surface area contributed by atoms with E-state index >= 15 is 0 Å². The third kappa shape index (κ3) is 4.18. The van der Waals surface area contributed by atoms with Crippen LogP contribution in [0.4, 0.5) is 0 Å². The van der Waals surface area contributed by atoms with E-state index in [0.29, 0.717) is 0 Å². The molecular formula is C15H19BrN2O. The Morgan fingerprint density at radius 3 is 2.84 bits per heavy atom. The summed E-state index contributed by atoms with van der Waals surface area (Å²) in [6.07, 6.45) is 5.68. The highest BCUT2D eigenvalue weighted by molar-refractivity contribution is 9.10.